The first-order valence-electron chi connectivity index (χ1n) is 6.27. The third-order valence-electron chi connectivity index (χ3n) is 3.36. The second-order valence-corrected chi connectivity index (χ2v) is 7.46. The molecule has 5 nitrogen and oxygen atoms in total. The molecule has 3 N–H and O–H groups in total. The molecule has 0 saturated carbocycles. The number of hydrogen-bond acceptors (Lipinski definition) is 6. The van der Waals surface area contributed by atoms with Gasteiger partial charge in [0.1, 0.15) is 4.87 Å². The fraction of sp³-hybridized carbons (Fsp3) is 0.462. The molecule has 0 saturated heterocycles. The van der Waals surface area contributed by atoms with Crippen LogP contribution in [0.15, 0.2) is 32.3 Å². The topological polar surface area (TPSA) is 81.9 Å². The summed E-state index contributed by atoms with van der Waals surface area (Å²) in [5, 5.41) is 22.0. The number of carboxylic acid groups (broad SMARTS) is 1. The van der Waals surface area contributed by atoms with Crippen LogP contribution in [-0.4, -0.2) is 38.7 Å². The Kier molecular flexibility index (Phi) is 3.36. The standard InChI is InChI=1S/C13H14N2O3S2/c1-13(11-5-14-9(6-19-11)12(17)18)15-8-3-2-7(16)4-10(8)20-13/h4,9,15-16H,2-3,6H2,1H3,(H,17,18). The predicted octanol–water partition coefficient (Wildman–Crippen LogP) is 2.24. The lowest BCUT2D eigenvalue weighted by atomic mass is 10.1. The average Bonchev–Trinajstić information content (AvgIpc) is 2.75. The van der Waals surface area contributed by atoms with Crippen LogP contribution in [0.3, 0.4) is 0 Å². The summed E-state index contributed by atoms with van der Waals surface area (Å²) >= 11 is 3.10. The zero-order valence-electron chi connectivity index (χ0n) is 10.8. The molecule has 0 fully saturated rings. The average molecular weight is 310 g/mol. The highest BCUT2D eigenvalue weighted by atomic mass is 32.2. The molecule has 0 bridgehead atoms. The van der Waals surface area contributed by atoms with Gasteiger partial charge in [0.05, 0.1) is 10.7 Å². The molecule has 20 heavy (non-hydrogen) atoms. The maximum Gasteiger partial charge on any atom is 0.330 e. The van der Waals surface area contributed by atoms with Crippen molar-refractivity contribution < 1.29 is 15.0 Å². The summed E-state index contributed by atoms with van der Waals surface area (Å²) in [4.78, 5) is 16.5. The lowest BCUT2D eigenvalue weighted by Gasteiger charge is -2.28. The number of nitrogens with one attached hydrogen (secondary N) is 1. The lowest BCUT2D eigenvalue weighted by molar-refractivity contribution is -0.137. The molecule has 1 aliphatic carbocycles. The number of aliphatic hydroxyl groups is 1. The van der Waals surface area contributed by atoms with Crippen molar-refractivity contribution >= 4 is 35.4 Å². The van der Waals surface area contributed by atoms with Gasteiger partial charge in [0.25, 0.3) is 0 Å². The molecule has 0 aromatic rings. The number of hydrogen-bond donors (Lipinski definition) is 3. The molecule has 0 spiro atoms. The Balaban J connectivity index is 1.83. The van der Waals surface area contributed by atoms with Crippen molar-refractivity contribution in [3.8, 4) is 0 Å². The van der Waals surface area contributed by atoms with Crippen LogP contribution in [-0.2, 0) is 4.79 Å². The maximum absolute atomic E-state index is 10.9. The van der Waals surface area contributed by atoms with Gasteiger partial charge in [-0.2, -0.15) is 0 Å². The van der Waals surface area contributed by atoms with Gasteiger partial charge < -0.3 is 15.5 Å². The smallest absolute Gasteiger partial charge is 0.330 e. The summed E-state index contributed by atoms with van der Waals surface area (Å²) in [5.41, 5.74) is 1.13. The number of carboxylic acids is 1. The molecule has 0 aromatic carbocycles. The normalized spacial score (nSPS) is 32.4. The summed E-state index contributed by atoms with van der Waals surface area (Å²) in [6.45, 7) is 2.03. The van der Waals surface area contributed by atoms with E-state index in [4.69, 9.17) is 5.11 Å². The Morgan fingerprint density at radius 1 is 1.60 bits per heavy atom. The highest BCUT2D eigenvalue weighted by Gasteiger charge is 2.40. The summed E-state index contributed by atoms with van der Waals surface area (Å²) in [7, 11) is 0. The Morgan fingerprint density at radius 3 is 3.05 bits per heavy atom. The molecule has 7 heteroatoms. The zero-order chi connectivity index (χ0) is 14.3. The van der Waals surface area contributed by atoms with Crippen molar-refractivity contribution in [3.05, 3.63) is 27.3 Å². The SMILES string of the molecule is CC1(C2=C=NC(C(=O)O)CS2)NC2=C(C=C(O)CC2)S1. The second kappa shape index (κ2) is 4.91. The fourth-order valence-electron chi connectivity index (χ4n) is 2.28. The summed E-state index contributed by atoms with van der Waals surface area (Å²) in [6, 6.07) is -0.703. The van der Waals surface area contributed by atoms with Crippen LogP contribution < -0.4 is 5.32 Å². The largest absolute Gasteiger partial charge is 0.512 e. The number of aliphatic hydroxyl groups excluding tert-OH is 1. The monoisotopic (exact) mass is 310 g/mol. The summed E-state index contributed by atoms with van der Waals surface area (Å²) in [5.74, 6) is 2.82. The Hall–Kier alpha value is -1.30. The second-order valence-electron chi connectivity index (χ2n) is 4.97. The van der Waals surface area contributed by atoms with E-state index in [2.05, 4.69) is 16.2 Å². The number of aliphatic imine (C=N–C) groups is 1. The molecular formula is C13H14N2O3S2. The van der Waals surface area contributed by atoms with E-state index in [-0.39, 0.29) is 4.87 Å². The van der Waals surface area contributed by atoms with Gasteiger partial charge >= 0.3 is 5.97 Å². The van der Waals surface area contributed by atoms with Crippen molar-refractivity contribution in [1.82, 2.24) is 5.32 Å². The number of carbonyl (C=O) groups is 1. The van der Waals surface area contributed by atoms with Gasteiger partial charge in [0.15, 0.2) is 6.04 Å². The third kappa shape index (κ3) is 2.37. The minimum absolute atomic E-state index is 0.372. The highest BCUT2D eigenvalue weighted by Crippen LogP contribution is 2.49. The molecule has 2 heterocycles. The Bertz CT molecular complexity index is 605. The Labute approximate surface area is 124 Å². The van der Waals surface area contributed by atoms with Crippen molar-refractivity contribution in [1.29, 1.82) is 0 Å². The molecule has 2 atom stereocenters. The summed E-state index contributed by atoms with van der Waals surface area (Å²) < 4.78 is 0. The van der Waals surface area contributed by atoms with Crippen LogP contribution in [0.2, 0.25) is 0 Å². The van der Waals surface area contributed by atoms with Crippen molar-refractivity contribution in [2.45, 2.75) is 30.7 Å². The molecule has 0 aromatic heterocycles. The molecule has 0 amide bonds. The number of rotatable bonds is 2. The van der Waals surface area contributed by atoms with E-state index in [1.54, 1.807) is 17.8 Å². The molecular weight excluding hydrogens is 296 g/mol. The van der Waals surface area contributed by atoms with Crippen molar-refractivity contribution in [2.75, 3.05) is 5.75 Å². The van der Waals surface area contributed by atoms with Gasteiger partial charge in [0.2, 0.25) is 0 Å². The molecule has 3 aliphatic rings. The van der Waals surface area contributed by atoms with Gasteiger partial charge in [-0.1, -0.05) is 11.8 Å². The first-order chi connectivity index (χ1) is 9.48. The Morgan fingerprint density at radius 2 is 2.40 bits per heavy atom. The van der Waals surface area contributed by atoms with E-state index < -0.39 is 12.0 Å². The van der Waals surface area contributed by atoms with Crippen molar-refractivity contribution in [2.24, 2.45) is 4.99 Å². The van der Waals surface area contributed by atoms with Crippen LogP contribution in [0, 0.1) is 0 Å². The van der Waals surface area contributed by atoms with Gasteiger partial charge in [-0.3, -0.25) is 0 Å². The van der Waals surface area contributed by atoms with Crippen LogP contribution in [0.1, 0.15) is 19.8 Å². The number of allylic oxidation sites excluding steroid dienone is 3. The van der Waals surface area contributed by atoms with Gasteiger partial charge in [-0.15, -0.1) is 11.8 Å². The van der Waals surface area contributed by atoms with E-state index in [1.807, 2.05) is 6.92 Å². The lowest BCUT2D eigenvalue weighted by Crippen LogP contribution is -2.37. The van der Waals surface area contributed by atoms with Gasteiger partial charge in [-0.05, 0) is 25.3 Å². The van der Waals surface area contributed by atoms with E-state index in [1.165, 1.54) is 11.8 Å². The fourth-order valence-corrected chi connectivity index (χ4v) is 4.79. The molecule has 3 rings (SSSR count). The first-order valence-corrected chi connectivity index (χ1v) is 8.07. The minimum atomic E-state index is -0.911. The summed E-state index contributed by atoms with van der Waals surface area (Å²) in [6.07, 6.45) is 3.25. The molecule has 2 unspecified atom stereocenters. The van der Waals surface area contributed by atoms with E-state index >= 15 is 0 Å². The van der Waals surface area contributed by atoms with E-state index in [0.717, 1.165) is 21.9 Å². The zero-order valence-corrected chi connectivity index (χ0v) is 12.5. The van der Waals surface area contributed by atoms with E-state index in [9.17, 15) is 9.90 Å². The van der Waals surface area contributed by atoms with Crippen LogP contribution in [0.5, 0.6) is 0 Å². The van der Waals surface area contributed by atoms with Crippen LogP contribution in [0.25, 0.3) is 0 Å². The van der Waals surface area contributed by atoms with Gasteiger partial charge in [-0.25, -0.2) is 9.79 Å². The van der Waals surface area contributed by atoms with Crippen molar-refractivity contribution in [3.63, 3.8) is 0 Å². The van der Waals surface area contributed by atoms with E-state index in [0.29, 0.717) is 17.9 Å². The van der Waals surface area contributed by atoms with Crippen LogP contribution in [0.4, 0.5) is 0 Å². The quantitative estimate of drug-likeness (QED) is 0.725. The molecule has 106 valence electrons. The number of thioether (sulfide) groups is 2. The predicted molar refractivity (Wildman–Crippen MR) is 80.9 cm³/mol. The third-order valence-corrected chi connectivity index (χ3v) is 6.05. The first kappa shape index (κ1) is 13.7. The maximum atomic E-state index is 10.9. The minimum Gasteiger partial charge on any atom is -0.512 e. The van der Waals surface area contributed by atoms with Crippen LogP contribution >= 0.6 is 23.5 Å². The molecule has 2 aliphatic heterocycles. The number of aliphatic carboxylic acids is 1. The van der Waals surface area contributed by atoms with Gasteiger partial charge in [0, 0.05) is 22.8 Å². The molecule has 0 radical (unpaired) electrons. The highest BCUT2D eigenvalue weighted by molar-refractivity contribution is 8.08. The number of nitrogens with zero attached hydrogens (tertiary/aromatic N) is 1.